The second kappa shape index (κ2) is 6.85. The highest BCUT2D eigenvalue weighted by Crippen LogP contribution is 2.25. The largest absolute Gasteiger partial charge is 0.497 e. The predicted molar refractivity (Wildman–Crippen MR) is 70.6 cm³/mol. The van der Waals surface area contributed by atoms with Gasteiger partial charge in [0.2, 0.25) is 0 Å². The molecule has 0 aromatic heterocycles. The summed E-state index contributed by atoms with van der Waals surface area (Å²) in [5, 5.41) is 0. The molecule has 1 aromatic carbocycles. The Bertz CT molecular complexity index is 504. The quantitative estimate of drug-likeness (QED) is 0.602. The van der Waals surface area contributed by atoms with Gasteiger partial charge in [-0.2, -0.15) is 0 Å². The van der Waals surface area contributed by atoms with Gasteiger partial charge in [-0.05, 0) is 37.1 Å². The smallest absolute Gasteiger partial charge is 0.263 e. The van der Waals surface area contributed by atoms with E-state index in [-0.39, 0.29) is 11.5 Å². The molecule has 7 heteroatoms. The summed E-state index contributed by atoms with van der Waals surface area (Å²) >= 11 is 0. The molecule has 108 valence electrons. The van der Waals surface area contributed by atoms with Crippen molar-refractivity contribution in [1.29, 1.82) is 0 Å². The Hall–Kier alpha value is -1.15. The molecule has 0 fully saturated rings. The van der Waals surface area contributed by atoms with Crippen molar-refractivity contribution in [1.82, 2.24) is 4.89 Å². The zero-order valence-electron chi connectivity index (χ0n) is 11.5. The first-order valence-corrected chi connectivity index (χ1v) is 7.18. The standard InChI is InChI=1S/C12H19NO5S/c1-9-7-11(17-4)8-10(2)12(9)19(14,15)13-18-6-5-16-3/h7-8,13H,5-6H2,1-4H3. The molecule has 0 aliphatic carbocycles. The summed E-state index contributed by atoms with van der Waals surface area (Å²) in [5.74, 6) is 0.620. The number of hydrogen-bond acceptors (Lipinski definition) is 5. The van der Waals surface area contributed by atoms with Gasteiger partial charge in [-0.1, -0.05) is 4.89 Å². The fraction of sp³-hybridized carbons (Fsp3) is 0.500. The van der Waals surface area contributed by atoms with E-state index in [0.29, 0.717) is 23.5 Å². The van der Waals surface area contributed by atoms with Crippen molar-refractivity contribution in [3.05, 3.63) is 23.3 Å². The summed E-state index contributed by atoms with van der Waals surface area (Å²) in [5.41, 5.74) is 1.19. The van der Waals surface area contributed by atoms with E-state index in [1.54, 1.807) is 26.0 Å². The molecule has 0 unspecified atom stereocenters. The third kappa shape index (κ3) is 4.17. The van der Waals surface area contributed by atoms with Gasteiger partial charge in [0.1, 0.15) is 5.75 Å². The molecule has 6 nitrogen and oxygen atoms in total. The number of methoxy groups -OCH3 is 2. The second-order valence-electron chi connectivity index (χ2n) is 4.02. The Morgan fingerprint density at radius 1 is 1.11 bits per heavy atom. The fourth-order valence-corrected chi connectivity index (χ4v) is 3.03. The van der Waals surface area contributed by atoms with Gasteiger partial charge in [-0.15, -0.1) is 0 Å². The van der Waals surface area contributed by atoms with E-state index in [9.17, 15) is 8.42 Å². The lowest BCUT2D eigenvalue weighted by molar-refractivity contribution is 0.0438. The van der Waals surface area contributed by atoms with Gasteiger partial charge in [0.25, 0.3) is 10.0 Å². The third-order valence-corrected chi connectivity index (χ3v) is 4.02. The first-order chi connectivity index (χ1) is 8.92. The average molecular weight is 289 g/mol. The number of sulfonamides is 1. The van der Waals surface area contributed by atoms with E-state index >= 15 is 0 Å². The molecule has 0 spiro atoms. The lowest BCUT2D eigenvalue weighted by atomic mass is 10.1. The molecule has 1 N–H and O–H groups in total. The number of rotatable bonds is 7. The zero-order valence-corrected chi connectivity index (χ0v) is 12.3. The first-order valence-electron chi connectivity index (χ1n) is 5.70. The van der Waals surface area contributed by atoms with Gasteiger partial charge in [0.05, 0.1) is 25.2 Å². The second-order valence-corrected chi connectivity index (χ2v) is 5.60. The van der Waals surface area contributed by atoms with Gasteiger partial charge < -0.3 is 9.47 Å². The van der Waals surface area contributed by atoms with Crippen LogP contribution in [0.5, 0.6) is 5.75 Å². The average Bonchev–Trinajstić information content (AvgIpc) is 2.33. The van der Waals surface area contributed by atoms with Gasteiger partial charge in [0, 0.05) is 7.11 Å². The fourth-order valence-electron chi connectivity index (χ4n) is 1.74. The molecule has 0 saturated carbocycles. The van der Waals surface area contributed by atoms with Crippen molar-refractivity contribution in [3.8, 4) is 5.75 Å². The molecule has 0 aliphatic rings. The Labute approximate surface area is 113 Å². The van der Waals surface area contributed by atoms with Crippen LogP contribution in [0.25, 0.3) is 0 Å². The number of hydrogen-bond donors (Lipinski definition) is 1. The number of ether oxygens (including phenoxy) is 2. The van der Waals surface area contributed by atoms with Gasteiger partial charge in [0.15, 0.2) is 0 Å². The molecule has 0 saturated heterocycles. The van der Waals surface area contributed by atoms with Crippen molar-refractivity contribution < 1.29 is 22.7 Å². The number of benzene rings is 1. The van der Waals surface area contributed by atoms with Crippen LogP contribution in [0.2, 0.25) is 0 Å². The van der Waals surface area contributed by atoms with Crippen molar-refractivity contribution in [2.24, 2.45) is 0 Å². The molecule has 0 aliphatic heterocycles. The molecule has 1 rings (SSSR count). The minimum atomic E-state index is -3.71. The van der Waals surface area contributed by atoms with Gasteiger partial charge >= 0.3 is 0 Å². The number of nitrogens with one attached hydrogen (secondary N) is 1. The highest BCUT2D eigenvalue weighted by atomic mass is 32.2. The summed E-state index contributed by atoms with van der Waals surface area (Å²) in [4.78, 5) is 7.15. The van der Waals surface area contributed by atoms with E-state index in [1.165, 1.54) is 14.2 Å². The third-order valence-electron chi connectivity index (χ3n) is 2.50. The van der Waals surface area contributed by atoms with Crippen molar-refractivity contribution in [3.63, 3.8) is 0 Å². The van der Waals surface area contributed by atoms with E-state index in [4.69, 9.17) is 14.3 Å². The van der Waals surface area contributed by atoms with Crippen molar-refractivity contribution in [2.75, 3.05) is 27.4 Å². The van der Waals surface area contributed by atoms with Crippen LogP contribution in [-0.2, 0) is 19.6 Å². The highest BCUT2D eigenvalue weighted by molar-refractivity contribution is 7.89. The lowest BCUT2D eigenvalue weighted by Crippen LogP contribution is -2.27. The number of aryl methyl sites for hydroxylation is 2. The molecule has 0 amide bonds. The SMILES string of the molecule is COCCONS(=O)(=O)c1c(C)cc(OC)cc1C. The van der Waals surface area contributed by atoms with E-state index < -0.39 is 10.0 Å². The maximum absolute atomic E-state index is 12.1. The normalized spacial score (nSPS) is 11.6. The molecule has 0 heterocycles. The molecular weight excluding hydrogens is 270 g/mol. The van der Waals surface area contributed by atoms with Crippen LogP contribution in [0.15, 0.2) is 17.0 Å². The van der Waals surface area contributed by atoms with E-state index in [0.717, 1.165) is 0 Å². The Kier molecular flexibility index (Phi) is 5.74. The topological polar surface area (TPSA) is 73.9 Å². The first kappa shape index (κ1) is 15.9. The van der Waals surface area contributed by atoms with E-state index in [1.807, 2.05) is 0 Å². The minimum absolute atomic E-state index is 0.143. The zero-order chi connectivity index (χ0) is 14.5. The van der Waals surface area contributed by atoms with E-state index in [2.05, 4.69) is 4.89 Å². The van der Waals surface area contributed by atoms with Crippen LogP contribution in [0, 0.1) is 13.8 Å². The monoisotopic (exact) mass is 289 g/mol. The summed E-state index contributed by atoms with van der Waals surface area (Å²) in [7, 11) is -0.665. The summed E-state index contributed by atoms with van der Waals surface area (Å²) in [6.45, 7) is 3.87. The molecule has 0 radical (unpaired) electrons. The predicted octanol–water partition coefficient (Wildman–Crippen LogP) is 1.17. The van der Waals surface area contributed by atoms with Crippen LogP contribution in [0.4, 0.5) is 0 Å². The molecule has 0 atom stereocenters. The minimum Gasteiger partial charge on any atom is -0.497 e. The van der Waals surface area contributed by atoms with Crippen LogP contribution in [-0.4, -0.2) is 35.9 Å². The molecular formula is C12H19NO5S. The van der Waals surface area contributed by atoms with Gasteiger partial charge in [-0.3, -0.25) is 4.84 Å². The molecule has 1 aromatic rings. The Morgan fingerprint density at radius 2 is 1.68 bits per heavy atom. The summed E-state index contributed by atoms with van der Waals surface area (Å²) in [6.07, 6.45) is 0. The maximum atomic E-state index is 12.1. The van der Waals surface area contributed by atoms with Crippen molar-refractivity contribution in [2.45, 2.75) is 18.7 Å². The highest BCUT2D eigenvalue weighted by Gasteiger charge is 2.20. The molecule has 19 heavy (non-hydrogen) atoms. The Balaban J connectivity index is 2.95. The maximum Gasteiger partial charge on any atom is 0.263 e. The van der Waals surface area contributed by atoms with Crippen LogP contribution in [0.3, 0.4) is 0 Å². The molecule has 0 bridgehead atoms. The Morgan fingerprint density at radius 3 is 2.16 bits per heavy atom. The summed E-state index contributed by atoms with van der Waals surface area (Å²) in [6, 6.07) is 3.33. The summed E-state index contributed by atoms with van der Waals surface area (Å²) < 4.78 is 34.1. The van der Waals surface area contributed by atoms with Crippen LogP contribution in [0.1, 0.15) is 11.1 Å². The van der Waals surface area contributed by atoms with Gasteiger partial charge in [-0.25, -0.2) is 8.42 Å². The van der Waals surface area contributed by atoms with Crippen LogP contribution < -0.4 is 9.62 Å². The van der Waals surface area contributed by atoms with Crippen LogP contribution >= 0.6 is 0 Å². The van der Waals surface area contributed by atoms with Crippen molar-refractivity contribution >= 4 is 10.0 Å². The lowest BCUT2D eigenvalue weighted by Gasteiger charge is -2.13.